The molecule has 122 valence electrons. The van der Waals surface area contributed by atoms with E-state index in [0.29, 0.717) is 16.7 Å². The van der Waals surface area contributed by atoms with E-state index in [4.69, 9.17) is 16.1 Å². The zero-order chi connectivity index (χ0) is 17.4. The summed E-state index contributed by atoms with van der Waals surface area (Å²) in [6.45, 7) is 3.78. The molecule has 0 spiro atoms. The van der Waals surface area contributed by atoms with Gasteiger partial charge in [-0.1, -0.05) is 34.8 Å². The van der Waals surface area contributed by atoms with E-state index in [-0.39, 0.29) is 0 Å². The highest BCUT2D eigenvalue weighted by atomic mass is 35.5. The van der Waals surface area contributed by atoms with E-state index in [1.807, 2.05) is 41.8 Å². The van der Waals surface area contributed by atoms with Gasteiger partial charge < -0.3 is 4.52 Å². The number of pyridine rings is 1. The van der Waals surface area contributed by atoms with Crippen molar-refractivity contribution in [2.75, 3.05) is 0 Å². The van der Waals surface area contributed by atoms with Gasteiger partial charge in [0.1, 0.15) is 11.3 Å². The third-order valence-corrected chi connectivity index (χ3v) is 4.06. The Morgan fingerprint density at radius 1 is 1.12 bits per heavy atom. The normalized spacial score (nSPS) is 10.7. The van der Waals surface area contributed by atoms with E-state index < -0.39 is 0 Å². The van der Waals surface area contributed by atoms with Crippen LogP contribution in [0.2, 0.25) is 5.02 Å². The summed E-state index contributed by atoms with van der Waals surface area (Å²) in [4.78, 5) is 8.58. The number of aromatic nitrogens is 4. The Labute approximate surface area is 149 Å². The largest absolute Gasteiger partial charge is 0.339 e. The Morgan fingerprint density at radius 2 is 2.00 bits per heavy atom. The highest BCUT2D eigenvalue weighted by Gasteiger charge is 2.07. The Kier molecular flexibility index (Phi) is 3.75. The van der Waals surface area contributed by atoms with Crippen LogP contribution in [-0.4, -0.2) is 19.5 Å². The van der Waals surface area contributed by atoms with Gasteiger partial charge in [-0.15, -0.1) is 0 Å². The fourth-order valence-electron chi connectivity index (χ4n) is 2.49. The minimum Gasteiger partial charge on any atom is -0.339 e. The molecule has 1 aromatic carbocycles. The lowest BCUT2D eigenvalue weighted by Gasteiger charge is -2.00. The van der Waals surface area contributed by atoms with Crippen molar-refractivity contribution < 1.29 is 4.52 Å². The molecule has 0 aliphatic rings. The second kappa shape index (κ2) is 6.08. The van der Waals surface area contributed by atoms with E-state index in [1.54, 1.807) is 19.2 Å². The Hall–Kier alpha value is -3.10. The number of halogens is 1. The second-order valence-corrected chi connectivity index (χ2v) is 6.07. The number of rotatable bonds is 1. The zero-order valence-corrected chi connectivity index (χ0v) is 14.4. The lowest BCUT2D eigenvalue weighted by atomic mass is 10.0. The molecule has 0 fully saturated rings. The minimum atomic E-state index is 0.535. The van der Waals surface area contributed by atoms with E-state index in [1.165, 1.54) is 0 Å². The number of fused-ring (bicyclic) bond motifs is 1. The predicted molar refractivity (Wildman–Crippen MR) is 95.4 cm³/mol. The molecular weight excluding hydrogens is 336 g/mol. The summed E-state index contributed by atoms with van der Waals surface area (Å²) >= 11 is 5.99. The van der Waals surface area contributed by atoms with Crippen molar-refractivity contribution in [2.24, 2.45) is 0 Å². The van der Waals surface area contributed by atoms with Crippen LogP contribution in [0.4, 0.5) is 0 Å². The van der Waals surface area contributed by atoms with E-state index in [0.717, 1.165) is 28.0 Å². The number of aryl methyl sites for hydroxylation is 2. The van der Waals surface area contributed by atoms with Crippen molar-refractivity contribution in [2.45, 2.75) is 13.8 Å². The third-order valence-electron chi connectivity index (χ3n) is 3.82. The van der Waals surface area contributed by atoms with E-state index >= 15 is 0 Å². The van der Waals surface area contributed by atoms with Crippen LogP contribution in [0.5, 0.6) is 0 Å². The topological polar surface area (TPSA) is 56.2 Å². The first-order valence-corrected chi connectivity index (χ1v) is 8.04. The first kappa shape index (κ1) is 15.4. The molecule has 0 aliphatic carbocycles. The SMILES string of the molecule is Cc1nc(-c2ccc(C)c(C#Cc3cnc4cc(Cl)ccn34)c2)no1. The maximum absolute atomic E-state index is 5.99. The predicted octanol–water partition coefficient (Wildman–Crippen LogP) is 4.05. The average molecular weight is 349 g/mol. The summed E-state index contributed by atoms with van der Waals surface area (Å²) in [7, 11) is 0. The summed E-state index contributed by atoms with van der Waals surface area (Å²) in [5.41, 5.74) is 4.42. The molecule has 6 heteroatoms. The molecule has 25 heavy (non-hydrogen) atoms. The van der Waals surface area contributed by atoms with Gasteiger partial charge in [-0.25, -0.2) is 4.98 Å². The molecule has 4 rings (SSSR count). The van der Waals surface area contributed by atoms with E-state index in [2.05, 4.69) is 27.0 Å². The van der Waals surface area contributed by atoms with Gasteiger partial charge in [0.15, 0.2) is 0 Å². The smallest absolute Gasteiger partial charge is 0.223 e. The van der Waals surface area contributed by atoms with Gasteiger partial charge in [0, 0.05) is 35.3 Å². The summed E-state index contributed by atoms with van der Waals surface area (Å²) in [5.74, 6) is 7.48. The number of hydrogen-bond acceptors (Lipinski definition) is 4. The molecule has 4 aromatic rings. The molecule has 0 amide bonds. The fourth-order valence-corrected chi connectivity index (χ4v) is 2.65. The maximum atomic E-state index is 5.99. The molecule has 0 N–H and O–H groups in total. The molecule has 0 saturated carbocycles. The highest BCUT2D eigenvalue weighted by Crippen LogP contribution is 2.19. The fraction of sp³-hybridized carbons (Fsp3) is 0.105. The van der Waals surface area contributed by atoms with Gasteiger partial charge in [0.25, 0.3) is 0 Å². The lowest BCUT2D eigenvalue weighted by molar-refractivity contribution is 0.394. The molecule has 0 radical (unpaired) electrons. The van der Waals surface area contributed by atoms with Crippen LogP contribution in [-0.2, 0) is 0 Å². The van der Waals surface area contributed by atoms with E-state index in [9.17, 15) is 0 Å². The van der Waals surface area contributed by atoms with Gasteiger partial charge in [-0.05, 0) is 30.5 Å². The third kappa shape index (κ3) is 3.00. The van der Waals surface area contributed by atoms with Gasteiger partial charge in [-0.3, -0.25) is 4.40 Å². The number of imidazole rings is 1. The van der Waals surface area contributed by atoms with Crippen LogP contribution in [0, 0.1) is 25.7 Å². The van der Waals surface area contributed by atoms with Gasteiger partial charge in [0.05, 0.1) is 6.20 Å². The molecular formula is C19H13ClN4O. The van der Waals surface area contributed by atoms with Crippen LogP contribution < -0.4 is 0 Å². The molecule has 0 unspecified atom stereocenters. The first-order valence-electron chi connectivity index (χ1n) is 7.66. The van der Waals surface area contributed by atoms with Crippen molar-refractivity contribution in [3.63, 3.8) is 0 Å². The molecule has 0 bridgehead atoms. The number of hydrogen-bond donors (Lipinski definition) is 0. The van der Waals surface area contributed by atoms with Crippen molar-refractivity contribution in [3.8, 4) is 23.2 Å². The van der Waals surface area contributed by atoms with Crippen LogP contribution >= 0.6 is 11.6 Å². The number of benzene rings is 1. The highest BCUT2D eigenvalue weighted by molar-refractivity contribution is 6.30. The van der Waals surface area contributed by atoms with Crippen molar-refractivity contribution in [3.05, 3.63) is 70.5 Å². The standard InChI is InChI=1S/C19H13ClN4O/c1-12-3-4-15(19-22-13(2)25-23-19)9-14(12)5-6-17-11-21-18-10-16(20)7-8-24(17)18/h3-4,7-11H,1-2H3. The van der Waals surface area contributed by atoms with Crippen molar-refractivity contribution in [1.82, 2.24) is 19.5 Å². The molecule has 0 aliphatic heterocycles. The second-order valence-electron chi connectivity index (χ2n) is 5.63. The monoisotopic (exact) mass is 348 g/mol. The van der Waals surface area contributed by atoms with Crippen molar-refractivity contribution in [1.29, 1.82) is 0 Å². The van der Waals surface area contributed by atoms with Crippen LogP contribution in [0.25, 0.3) is 17.0 Å². The van der Waals surface area contributed by atoms with Crippen LogP contribution in [0.15, 0.2) is 47.2 Å². The maximum Gasteiger partial charge on any atom is 0.223 e. The average Bonchev–Trinajstić information content (AvgIpc) is 3.20. The minimum absolute atomic E-state index is 0.535. The molecule has 0 saturated heterocycles. The zero-order valence-electron chi connectivity index (χ0n) is 13.6. The molecule has 5 nitrogen and oxygen atoms in total. The molecule has 3 aromatic heterocycles. The molecule has 3 heterocycles. The molecule has 0 atom stereocenters. The Morgan fingerprint density at radius 3 is 2.80 bits per heavy atom. The van der Waals surface area contributed by atoms with Gasteiger partial charge in [-0.2, -0.15) is 4.98 Å². The summed E-state index contributed by atoms with van der Waals surface area (Å²) in [6.07, 6.45) is 3.60. The van der Waals surface area contributed by atoms with Gasteiger partial charge >= 0.3 is 0 Å². The lowest BCUT2D eigenvalue weighted by Crippen LogP contribution is -1.89. The Balaban J connectivity index is 1.74. The number of nitrogens with zero attached hydrogens (tertiary/aromatic N) is 4. The van der Waals surface area contributed by atoms with Crippen molar-refractivity contribution >= 4 is 17.2 Å². The summed E-state index contributed by atoms with van der Waals surface area (Å²) in [5, 5.41) is 4.60. The first-order chi connectivity index (χ1) is 12.1. The van der Waals surface area contributed by atoms with Crippen LogP contribution in [0.1, 0.15) is 22.7 Å². The summed E-state index contributed by atoms with van der Waals surface area (Å²) in [6, 6.07) is 9.54. The summed E-state index contributed by atoms with van der Waals surface area (Å²) < 4.78 is 6.95. The quantitative estimate of drug-likeness (QED) is 0.487. The Bertz CT molecular complexity index is 1150. The van der Waals surface area contributed by atoms with Gasteiger partial charge in [0.2, 0.25) is 11.7 Å². The van der Waals surface area contributed by atoms with Crippen LogP contribution in [0.3, 0.4) is 0 Å².